The monoisotopic (exact) mass is 278 g/mol. The van der Waals surface area contributed by atoms with Crippen LogP contribution < -0.4 is 5.73 Å². The summed E-state index contributed by atoms with van der Waals surface area (Å²) in [7, 11) is 0. The van der Waals surface area contributed by atoms with Gasteiger partial charge in [-0.3, -0.25) is 4.79 Å². The van der Waals surface area contributed by atoms with E-state index in [2.05, 4.69) is 0 Å². The third-order valence-corrected chi connectivity index (χ3v) is 4.56. The topological polar surface area (TPSA) is 46.3 Å². The highest BCUT2D eigenvalue weighted by atomic mass is 32.2. The van der Waals surface area contributed by atoms with Crippen molar-refractivity contribution < 1.29 is 4.79 Å². The van der Waals surface area contributed by atoms with Gasteiger partial charge in [-0.05, 0) is 44.0 Å². The number of thioether (sulfide) groups is 1. The summed E-state index contributed by atoms with van der Waals surface area (Å²) >= 11 is 1.61. The van der Waals surface area contributed by atoms with Gasteiger partial charge in [-0.1, -0.05) is 12.8 Å². The molecule has 1 unspecified atom stereocenters. The summed E-state index contributed by atoms with van der Waals surface area (Å²) < 4.78 is 0. The van der Waals surface area contributed by atoms with Gasteiger partial charge in [0.15, 0.2) is 0 Å². The van der Waals surface area contributed by atoms with E-state index in [1.807, 2.05) is 36.1 Å². The highest BCUT2D eigenvalue weighted by Crippen LogP contribution is 2.26. The summed E-state index contributed by atoms with van der Waals surface area (Å²) in [5.74, 6) is 0.267. The third-order valence-electron chi connectivity index (χ3n) is 3.46. The molecule has 0 aliphatic carbocycles. The second-order valence-corrected chi connectivity index (χ2v) is 6.48. The van der Waals surface area contributed by atoms with Crippen LogP contribution in [0.4, 0.5) is 5.69 Å². The van der Waals surface area contributed by atoms with E-state index in [0.29, 0.717) is 0 Å². The van der Waals surface area contributed by atoms with Gasteiger partial charge in [0, 0.05) is 23.7 Å². The van der Waals surface area contributed by atoms with Crippen molar-refractivity contribution in [2.75, 3.05) is 18.8 Å². The molecule has 1 saturated heterocycles. The van der Waals surface area contributed by atoms with Crippen LogP contribution in [0.1, 0.15) is 32.6 Å². The zero-order valence-corrected chi connectivity index (χ0v) is 12.3. The second kappa shape index (κ2) is 6.85. The maximum atomic E-state index is 12.4. The van der Waals surface area contributed by atoms with Crippen LogP contribution in [0.2, 0.25) is 0 Å². The zero-order valence-electron chi connectivity index (χ0n) is 11.5. The van der Waals surface area contributed by atoms with Crippen LogP contribution in [-0.4, -0.2) is 29.1 Å². The van der Waals surface area contributed by atoms with Gasteiger partial charge < -0.3 is 10.6 Å². The first-order valence-corrected chi connectivity index (χ1v) is 7.86. The number of carbonyl (C=O) groups excluding carboxylic acids is 1. The van der Waals surface area contributed by atoms with Crippen LogP contribution in [0.3, 0.4) is 0 Å². The Morgan fingerprint density at radius 1 is 1.16 bits per heavy atom. The van der Waals surface area contributed by atoms with Crippen molar-refractivity contribution in [3.05, 3.63) is 24.3 Å². The number of nitrogens with two attached hydrogens (primary N) is 1. The summed E-state index contributed by atoms with van der Waals surface area (Å²) in [6, 6.07) is 7.72. The maximum Gasteiger partial charge on any atom is 0.235 e. The van der Waals surface area contributed by atoms with Gasteiger partial charge >= 0.3 is 0 Å². The highest BCUT2D eigenvalue weighted by Gasteiger charge is 2.22. The number of hydrogen-bond donors (Lipinski definition) is 1. The van der Waals surface area contributed by atoms with E-state index in [9.17, 15) is 4.79 Å². The zero-order chi connectivity index (χ0) is 13.7. The highest BCUT2D eigenvalue weighted by molar-refractivity contribution is 8.00. The lowest BCUT2D eigenvalue weighted by atomic mass is 10.2. The summed E-state index contributed by atoms with van der Waals surface area (Å²) in [5.41, 5.74) is 6.43. The predicted octanol–water partition coefficient (Wildman–Crippen LogP) is 3.15. The van der Waals surface area contributed by atoms with Crippen molar-refractivity contribution in [1.29, 1.82) is 0 Å². The average molecular weight is 278 g/mol. The molecule has 19 heavy (non-hydrogen) atoms. The number of likely N-dealkylation sites (tertiary alicyclic amines) is 1. The van der Waals surface area contributed by atoms with Crippen molar-refractivity contribution in [2.24, 2.45) is 0 Å². The number of hydrogen-bond acceptors (Lipinski definition) is 3. The molecule has 1 amide bonds. The van der Waals surface area contributed by atoms with E-state index in [1.165, 1.54) is 12.8 Å². The van der Waals surface area contributed by atoms with Gasteiger partial charge in [-0.25, -0.2) is 0 Å². The molecular formula is C15H22N2OS. The smallest absolute Gasteiger partial charge is 0.235 e. The van der Waals surface area contributed by atoms with Gasteiger partial charge in [-0.15, -0.1) is 11.8 Å². The van der Waals surface area contributed by atoms with E-state index < -0.39 is 0 Å². The summed E-state index contributed by atoms with van der Waals surface area (Å²) in [5, 5.41) is -0.0262. The average Bonchev–Trinajstić information content (AvgIpc) is 2.69. The van der Waals surface area contributed by atoms with Crippen LogP contribution in [-0.2, 0) is 4.79 Å². The number of nitrogen functional groups attached to an aromatic ring is 1. The first-order chi connectivity index (χ1) is 9.16. The SMILES string of the molecule is CC(Sc1ccc(N)cc1)C(=O)N1CCCCCC1. The molecular weight excluding hydrogens is 256 g/mol. The maximum absolute atomic E-state index is 12.4. The van der Waals surface area contributed by atoms with Gasteiger partial charge in [0.05, 0.1) is 5.25 Å². The van der Waals surface area contributed by atoms with E-state index in [-0.39, 0.29) is 11.2 Å². The molecule has 4 heteroatoms. The van der Waals surface area contributed by atoms with E-state index >= 15 is 0 Å². The Balaban J connectivity index is 1.92. The number of carbonyl (C=O) groups is 1. The molecule has 1 aromatic rings. The molecule has 1 fully saturated rings. The number of rotatable bonds is 3. The first-order valence-electron chi connectivity index (χ1n) is 6.98. The molecule has 1 atom stereocenters. The molecule has 0 spiro atoms. The predicted molar refractivity (Wildman–Crippen MR) is 81.2 cm³/mol. The fraction of sp³-hybridized carbons (Fsp3) is 0.533. The lowest BCUT2D eigenvalue weighted by molar-refractivity contribution is -0.130. The fourth-order valence-corrected chi connectivity index (χ4v) is 3.30. The van der Waals surface area contributed by atoms with E-state index in [1.54, 1.807) is 11.8 Å². The third kappa shape index (κ3) is 4.16. The lowest BCUT2D eigenvalue weighted by Gasteiger charge is -2.23. The van der Waals surface area contributed by atoms with Crippen molar-refractivity contribution in [3.8, 4) is 0 Å². The minimum atomic E-state index is -0.0262. The van der Waals surface area contributed by atoms with Crippen molar-refractivity contribution in [3.63, 3.8) is 0 Å². The van der Waals surface area contributed by atoms with Crippen molar-refractivity contribution in [2.45, 2.75) is 42.8 Å². The first kappa shape index (κ1) is 14.3. The Morgan fingerprint density at radius 2 is 1.74 bits per heavy atom. The fourth-order valence-electron chi connectivity index (χ4n) is 2.35. The van der Waals surface area contributed by atoms with Gasteiger partial charge in [0.1, 0.15) is 0 Å². The Morgan fingerprint density at radius 3 is 2.32 bits per heavy atom. The molecule has 2 rings (SSSR count). The number of nitrogens with zero attached hydrogens (tertiary/aromatic N) is 1. The number of benzene rings is 1. The minimum Gasteiger partial charge on any atom is -0.399 e. The summed E-state index contributed by atoms with van der Waals surface area (Å²) in [6.45, 7) is 3.84. The van der Waals surface area contributed by atoms with Crippen LogP contribution in [0.5, 0.6) is 0 Å². The Labute approximate surface area is 119 Å². The molecule has 2 N–H and O–H groups in total. The molecule has 0 saturated carbocycles. The molecule has 1 aromatic carbocycles. The second-order valence-electron chi connectivity index (χ2n) is 5.07. The minimum absolute atomic E-state index is 0.0262. The van der Waals surface area contributed by atoms with Gasteiger partial charge in [0.25, 0.3) is 0 Å². The largest absolute Gasteiger partial charge is 0.399 e. The number of amides is 1. The van der Waals surface area contributed by atoms with Crippen LogP contribution in [0, 0.1) is 0 Å². The molecule has 1 heterocycles. The normalized spacial score (nSPS) is 17.8. The quantitative estimate of drug-likeness (QED) is 0.682. The summed E-state index contributed by atoms with van der Waals surface area (Å²) in [4.78, 5) is 15.5. The van der Waals surface area contributed by atoms with Crippen LogP contribution in [0.25, 0.3) is 0 Å². The Bertz CT molecular complexity index is 411. The molecule has 0 bridgehead atoms. The van der Waals surface area contributed by atoms with Gasteiger partial charge in [0.2, 0.25) is 5.91 Å². The summed E-state index contributed by atoms with van der Waals surface area (Å²) in [6.07, 6.45) is 4.79. The van der Waals surface area contributed by atoms with Gasteiger partial charge in [-0.2, -0.15) is 0 Å². The van der Waals surface area contributed by atoms with Crippen molar-refractivity contribution in [1.82, 2.24) is 4.90 Å². The standard InChI is InChI=1S/C15H22N2OS/c1-12(19-14-8-6-13(16)7-9-14)15(18)17-10-4-2-3-5-11-17/h6-9,12H,2-5,10-11,16H2,1H3. The Hall–Kier alpha value is -1.16. The molecule has 104 valence electrons. The molecule has 0 radical (unpaired) electrons. The van der Waals surface area contributed by atoms with E-state index in [4.69, 9.17) is 5.73 Å². The number of anilines is 1. The van der Waals surface area contributed by atoms with Crippen molar-refractivity contribution >= 4 is 23.4 Å². The molecule has 3 nitrogen and oxygen atoms in total. The molecule has 0 aromatic heterocycles. The molecule has 1 aliphatic heterocycles. The van der Waals surface area contributed by atoms with Crippen LogP contribution >= 0.6 is 11.8 Å². The Kier molecular flexibility index (Phi) is 5.14. The van der Waals surface area contributed by atoms with Crippen LogP contribution in [0.15, 0.2) is 29.2 Å². The molecule has 1 aliphatic rings. The lowest BCUT2D eigenvalue weighted by Crippen LogP contribution is -2.37. The van der Waals surface area contributed by atoms with E-state index in [0.717, 1.165) is 36.5 Å².